The lowest BCUT2D eigenvalue weighted by Gasteiger charge is -2.36. The van der Waals surface area contributed by atoms with Gasteiger partial charge in [-0.1, -0.05) is 12.1 Å². The second-order valence-corrected chi connectivity index (χ2v) is 8.51. The predicted octanol–water partition coefficient (Wildman–Crippen LogP) is 6.38. The first-order valence-corrected chi connectivity index (χ1v) is 11.1. The highest BCUT2D eigenvalue weighted by molar-refractivity contribution is 6.07. The standard InChI is InChI=1S/C26H22F5N3O2/c1-16-3-10-23(22(13-16)32-24(35)18-5-7-19(8-6-18)26(29,30)31)34-12-2-11-33(25(34)36)15-17-4-9-20(27)21(28)14-17/h3-10,13-14H,2,11-12,15H2,1H3,(H,32,35). The topological polar surface area (TPSA) is 52.6 Å². The third kappa shape index (κ3) is 5.48. The van der Waals surface area contributed by atoms with Crippen molar-refractivity contribution in [3.8, 4) is 0 Å². The van der Waals surface area contributed by atoms with E-state index in [1.165, 1.54) is 15.9 Å². The number of amides is 3. The van der Waals surface area contributed by atoms with Gasteiger partial charge in [-0.3, -0.25) is 9.69 Å². The normalized spacial score (nSPS) is 14.2. The molecule has 0 atom stereocenters. The predicted molar refractivity (Wildman–Crippen MR) is 125 cm³/mol. The maximum atomic E-state index is 13.6. The van der Waals surface area contributed by atoms with Crippen molar-refractivity contribution >= 4 is 23.3 Å². The zero-order chi connectivity index (χ0) is 26.0. The summed E-state index contributed by atoms with van der Waals surface area (Å²) in [5.74, 6) is -2.60. The van der Waals surface area contributed by atoms with Crippen LogP contribution in [-0.2, 0) is 12.7 Å². The molecule has 1 heterocycles. The number of rotatable bonds is 5. The third-order valence-electron chi connectivity index (χ3n) is 5.83. The van der Waals surface area contributed by atoms with Gasteiger partial charge in [0.15, 0.2) is 11.6 Å². The molecule has 3 amide bonds. The summed E-state index contributed by atoms with van der Waals surface area (Å²) in [6, 6.07) is 12.0. The minimum atomic E-state index is -4.51. The number of urea groups is 1. The van der Waals surface area contributed by atoms with Crippen molar-refractivity contribution in [2.24, 2.45) is 0 Å². The molecule has 0 aliphatic carbocycles. The van der Waals surface area contributed by atoms with Crippen LogP contribution in [0.3, 0.4) is 0 Å². The first kappa shape index (κ1) is 25.2. The summed E-state index contributed by atoms with van der Waals surface area (Å²) in [4.78, 5) is 29.0. The second kappa shape index (κ2) is 9.96. The fourth-order valence-corrected chi connectivity index (χ4v) is 4.00. The molecule has 3 aromatic rings. The van der Waals surface area contributed by atoms with Crippen LogP contribution in [0.1, 0.15) is 33.5 Å². The molecule has 0 bridgehead atoms. The Morgan fingerprint density at radius 2 is 1.67 bits per heavy atom. The molecular formula is C26H22F5N3O2. The van der Waals surface area contributed by atoms with E-state index in [9.17, 15) is 31.5 Å². The van der Waals surface area contributed by atoms with Crippen LogP contribution in [0.2, 0.25) is 0 Å². The first-order valence-electron chi connectivity index (χ1n) is 11.1. The van der Waals surface area contributed by atoms with E-state index in [1.54, 1.807) is 25.1 Å². The number of aryl methyl sites for hydroxylation is 1. The van der Waals surface area contributed by atoms with Crippen molar-refractivity contribution in [1.82, 2.24) is 4.90 Å². The Morgan fingerprint density at radius 1 is 0.944 bits per heavy atom. The van der Waals surface area contributed by atoms with Crippen LogP contribution in [0.5, 0.6) is 0 Å². The summed E-state index contributed by atoms with van der Waals surface area (Å²) in [5.41, 5.74) is 1.13. The van der Waals surface area contributed by atoms with E-state index >= 15 is 0 Å². The molecule has 1 saturated heterocycles. The summed E-state index contributed by atoms with van der Waals surface area (Å²) in [5, 5.41) is 2.70. The molecule has 0 unspecified atom stereocenters. The van der Waals surface area contributed by atoms with Gasteiger partial charge < -0.3 is 10.2 Å². The first-order chi connectivity index (χ1) is 17.0. The molecule has 0 spiro atoms. The second-order valence-electron chi connectivity index (χ2n) is 8.51. The van der Waals surface area contributed by atoms with Gasteiger partial charge in [-0.15, -0.1) is 0 Å². The summed E-state index contributed by atoms with van der Waals surface area (Å²) in [7, 11) is 0. The van der Waals surface area contributed by atoms with Crippen molar-refractivity contribution in [2.75, 3.05) is 23.3 Å². The molecule has 1 N–H and O–H groups in total. The van der Waals surface area contributed by atoms with Gasteiger partial charge in [0.05, 0.1) is 16.9 Å². The number of anilines is 2. The van der Waals surface area contributed by atoms with Crippen LogP contribution in [0, 0.1) is 18.6 Å². The van der Waals surface area contributed by atoms with Crippen molar-refractivity contribution < 1.29 is 31.5 Å². The highest BCUT2D eigenvalue weighted by Crippen LogP contribution is 2.32. The van der Waals surface area contributed by atoms with E-state index in [1.807, 2.05) is 0 Å². The van der Waals surface area contributed by atoms with E-state index in [4.69, 9.17) is 0 Å². The highest BCUT2D eigenvalue weighted by atomic mass is 19.4. The molecule has 5 nitrogen and oxygen atoms in total. The third-order valence-corrected chi connectivity index (χ3v) is 5.83. The number of carbonyl (C=O) groups is 2. The SMILES string of the molecule is Cc1ccc(N2CCCN(Cc3ccc(F)c(F)c3)C2=O)c(NC(=O)c2ccc(C(F)(F)F)cc2)c1. The van der Waals surface area contributed by atoms with Crippen molar-refractivity contribution in [2.45, 2.75) is 26.1 Å². The number of halogens is 5. The van der Waals surface area contributed by atoms with Crippen molar-refractivity contribution in [3.05, 3.63) is 94.6 Å². The van der Waals surface area contributed by atoms with E-state index in [-0.39, 0.29) is 18.1 Å². The minimum Gasteiger partial charge on any atom is -0.320 e. The average Bonchev–Trinajstić information content (AvgIpc) is 2.83. The summed E-state index contributed by atoms with van der Waals surface area (Å²) >= 11 is 0. The van der Waals surface area contributed by atoms with Gasteiger partial charge in [0.2, 0.25) is 0 Å². The Balaban J connectivity index is 1.55. The monoisotopic (exact) mass is 503 g/mol. The Hall–Kier alpha value is -3.95. The van der Waals surface area contributed by atoms with Crippen molar-refractivity contribution in [1.29, 1.82) is 0 Å². The molecule has 10 heteroatoms. The summed E-state index contributed by atoms with van der Waals surface area (Å²) in [6.07, 6.45) is -3.92. The van der Waals surface area contributed by atoms with Crippen LogP contribution in [-0.4, -0.2) is 29.9 Å². The van der Waals surface area contributed by atoms with Crippen molar-refractivity contribution in [3.63, 3.8) is 0 Å². The van der Waals surface area contributed by atoms with Gasteiger partial charge in [0.25, 0.3) is 5.91 Å². The lowest BCUT2D eigenvalue weighted by atomic mass is 10.1. The van der Waals surface area contributed by atoms with E-state index in [0.29, 0.717) is 36.4 Å². The largest absolute Gasteiger partial charge is 0.416 e. The molecule has 1 aliphatic heterocycles. The van der Waals surface area contributed by atoms with Gasteiger partial charge in [-0.05, 0) is 73.0 Å². The summed E-state index contributed by atoms with van der Waals surface area (Å²) in [6.45, 7) is 2.64. The molecule has 0 aromatic heterocycles. The fourth-order valence-electron chi connectivity index (χ4n) is 4.00. The minimum absolute atomic E-state index is 0.0281. The molecule has 4 rings (SSSR count). The molecule has 1 aliphatic rings. The quantitative estimate of drug-likeness (QED) is 0.411. The van der Waals surface area contributed by atoms with Crippen LogP contribution < -0.4 is 10.2 Å². The molecule has 1 fully saturated rings. The number of carbonyl (C=O) groups excluding carboxylic acids is 2. The van der Waals surface area contributed by atoms with Gasteiger partial charge >= 0.3 is 12.2 Å². The molecule has 36 heavy (non-hydrogen) atoms. The smallest absolute Gasteiger partial charge is 0.320 e. The average molecular weight is 503 g/mol. The number of hydrogen-bond acceptors (Lipinski definition) is 2. The van der Waals surface area contributed by atoms with Gasteiger partial charge in [-0.25, -0.2) is 13.6 Å². The molecule has 0 radical (unpaired) electrons. The molecule has 188 valence electrons. The van der Waals surface area contributed by atoms with Gasteiger partial charge in [-0.2, -0.15) is 13.2 Å². The maximum absolute atomic E-state index is 13.6. The number of nitrogens with zero attached hydrogens (tertiary/aromatic N) is 2. The van der Waals surface area contributed by atoms with Gasteiger partial charge in [0, 0.05) is 25.2 Å². The van der Waals surface area contributed by atoms with Crippen LogP contribution in [0.15, 0.2) is 60.7 Å². The molecule has 0 saturated carbocycles. The number of hydrogen-bond donors (Lipinski definition) is 1. The van der Waals surface area contributed by atoms with Crippen LogP contribution in [0.25, 0.3) is 0 Å². The number of nitrogens with one attached hydrogen (secondary N) is 1. The lowest BCUT2D eigenvalue weighted by Crippen LogP contribution is -2.49. The van der Waals surface area contributed by atoms with E-state index in [0.717, 1.165) is 42.0 Å². The van der Waals surface area contributed by atoms with E-state index < -0.39 is 29.3 Å². The number of benzene rings is 3. The van der Waals surface area contributed by atoms with Crippen LogP contribution >= 0.6 is 0 Å². The molecule has 3 aromatic carbocycles. The zero-order valence-electron chi connectivity index (χ0n) is 19.2. The fraction of sp³-hybridized carbons (Fsp3) is 0.231. The Labute approximate surface area is 204 Å². The Morgan fingerprint density at radius 3 is 2.33 bits per heavy atom. The summed E-state index contributed by atoms with van der Waals surface area (Å²) < 4.78 is 65.4. The molecular weight excluding hydrogens is 481 g/mol. The number of alkyl halides is 3. The maximum Gasteiger partial charge on any atom is 0.416 e. The zero-order valence-corrected chi connectivity index (χ0v) is 19.2. The Bertz CT molecular complexity index is 1290. The Kier molecular flexibility index (Phi) is 6.96. The van der Waals surface area contributed by atoms with E-state index in [2.05, 4.69) is 5.32 Å². The highest BCUT2D eigenvalue weighted by Gasteiger charge is 2.31. The van der Waals surface area contributed by atoms with Crippen LogP contribution in [0.4, 0.5) is 38.1 Å². The lowest BCUT2D eigenvalue weighted by molar-refractivity contribution is -0.137. The van der Waals surface area contributed by atoms with Gasteiger partial charge in [0.1, 0.15) is 0 Å².